The van der Waals surface area contributed by atoms with E-state index in [1.807, 2.05) is 45.0 Å². The molecule has 1 atom stereocenters. The maximum atomic E-state index is 13.2. The fraction of sp³-hybridized carbons (Fsp3) is 0.389. The van der Waals surface area contributed by atoms with Gasteiger partial charge >= 0.3 is 0 Å². The first kappa shape index (κ1) is 18.2. The number of hydrogen-bond acceptors (Lipinski definition) is 4. The Morgan fingerprint density at radius 2 is 1.96 bits per heavy atom. The Kier molecular flexibility index (Phi) is 5.34. The molecule has 2 heterocycles. The number of hydrogen-bond donors (Lipinski definition) is 0. The molecular formula is C18H20BrN3O2S. The maximum absolute atomic E-state index is 13.2. The molecule has 0 unspecified atom stereocenters. The van der Waals surface area contributed by atoms with Crippen LogP contribution < -0.4 is 0 Å². The van der Waals surface area contributed by atoms with E-state index in [4.69, 9.17) is 0 Å². The van der Waals surface area contributed by atoms with Gasteiger partial charge in [-0.1, -0.05) is 39.8 Å². The Hall–Kier alpha value is -1.60. The number of amidine groups is 1. The third-order valence-corrected chi connectivity index (χ3v) is 5.92. The number of halogens is 1. The lowest BCUT2D eigenvalue weighted by Crippen LogP contribution is -2.43. The van der Waals surface area contributed by atoms with Crippen molar-refractivity contribution in [3.05, 3.63) is 45.6 Å². The fourth-order valence-corrected chi connectivity index (χ4v) is 4.36. The van der Waals surface area contributed by atoms with Gasteiger partial charge in [0, 0.05) is 17.6 Å². The van der Waals surface area contributed by atoms with Gasteiger partial charge in [-0.05, 0) is 38.5 Å². The van der Waals surface area contributed by atoms with E-state index in [0.717, 1.165) is 10.0 Å². The van der Waals surface area contributed by atoms with E-state index >= 15 is 0 Å². The normalized spacial score (nSPS) is 19.8. The first-order valence-corrected chi connectivity index (χ1v) is 10.0. The third-order valence-electron chi connectivity index (χ3n) is 4.45. The van der Waals surface area contributed by atoms with Crippen molar-refractivity contribution >= 4 is 44.7 Å². The molecule has 2 amide bonds. The highest BCUT2D eigenvalue weighted by atomic mass is 79.9. The standard InChI is InChI=1S/C18H20BrN3O2S/c1-4-21(5-2)17(24)15-11(3)20-18-22(14(23)10-25-18)16(15)12-6-8-13(19)9-7-12/h6-9,16H,4-5,10H2,1-3H3/t16-/m1/s1. The number of likely N-dealkylation sites (N-methyl/N-ethyl adjacent to an activating group) is 1. The summed E-state index contributed by atoms with van der Waals surface area (Å²) in [6, 6.07) is 7.36. The van der Waals surface area contributed by atoms with Gasteiger partial charge in [-0.3, -0.25) is 14.5 Å². The van der Waals surface area contributed by atoms with Crippen LogP contribution >= 0.6 is 27.7 Å². The van der Waals surface area contributed by atoms with Crippen molar-refractivity contribution in [2.75, 3.05) is 18.8 Å². The molecule has 1 saturated heterocycles. The second kappa shape index (κ2) is 7.33. The number of nitrogens with zero attached hydrogens (tertiary/aromatic N) is 3. The quantitative estimate of drug-likeness (QED) is 0.746. The van der Waals surface area contributed by atoms with E-state index < -0.39 is 6.04 Å². The molecule has 1 aromatic carbocycles. The van der Waals surface area contributed by atoms with E-state index in [2.05, 4.69) is 20.9 Å². The van der Waals surface area contributed by atoms with Crippen LogP contribution in [0.25, 0.3) is 0 Å². The highest BCUT2D eigenvalue weighted by Gasteiger charge is 2.43. The van der Waals surface area contributed by atoms with E-state index in [9.17, 15) is 9.59 Å². The highest BCUT2D eigenvalue weighted by molar-refractivity contribution is 9.10. The number of amides is 2. The predicted molar refractivity (Wildman–Crippen MR) is 104 cm³/mol. The van der Waals surface area contributed by atoms with Crippen LogP contribution in [0.3, 0.4) is 0 Å². The van der Waals surface area contributed by atoms with Crippen LogP contribution in [-0.4, -0.2) is 45.6 Å². The van der Waals surface area contributed by atoms with Crippen molar-refractivity contribution in [1.82, 2.24) is 9.80 Å². The monoisotopic (exact) mass is 421 g/mol. The van der Waals surface area contributed by atoms with Gasteiger partial charge in [-0.15, -0.1) is 0 Å². The Morgan fingerprint density at radius 1 is 1.32 bits per heavy atom. The van der Waals surface area contributed by atoms with Gasteiger partial charge in [0.05, 0.1) is 23.1 Å². The average molecular weight is 422 g/mol. The molecule has 1 aromatic rings. The third kappa shape index (κ3) is 3.27. The molecule has 7 heteroatoms. The van der Waals surface area contributed by atoms with Gasteiger partial charge in [-0.25, -0.2) is 4.99 Å². The van der Waals surface area contributed by atoms with Crippen molar-refractivity contribution < 1.29 is 9.59 Å². The van der Waals surface area contributed by atoms with Crippen molar-refractivity contribution in [2.24, 2.45) is 4.99 Å². The van der Waals surface area contributed by atoms with Crippen molar-refractivity contribution in [2.45, 2.75) is 26.8 Å². The summed E-state index contributed by atoms with van der Waals surface area (Å²) >= 11 is 4.88. The van der Waals surface area contributed by atoms with Gasteiger partial charge in [0.25, 0.3) is 5.91 Å². The van der Waals surface area contributed by atoms with Crippen LogP contribution in [-0.2, 0) is 9.59 Å². The minimum atomic E-state index is -0.420. The highest BCUT2D eigenvalue weighted by Crippen LogP contribution is 2.41. The molecule has 2 aliphatic heterocycles. The van der Waals surface area contributed by atoms with Crippen LogP contribution in [0, 0.1) is 0 Å². The molecular weight excluding hydrogens is 402 g/mol. The molecule has 2 aliphatic rings. The molecule has 0 aromatic heterocycles. The summed E-state index contributed by atoms with van der Waals surface area (Å²) in [5, 5.41) is 0.687. The maximum Gasteiger partial charge on any atom is 0.254 e. The average Bonchev–Trinajstić information content (AvgIpc) is 2.96. The molecule has 0 saturated carbocycles. The fourth-order valence-electron chi connectivity index (χ4n) is 3.16. The lowest BCUT2D eigenvalue weighted by molar-refractivity contribution is -0.128. The molecule has 0 radical (unpaired) electrons. The molecule has 25 heavy (non-hydrogen) atoms. The molecule has 5 nitrogen and oxygen atoms in total. The number of carbonyl (C=O) groups is 2. The van der Waals surface area contributed by atoms with Gasteiger partial charge in [0.1, 0.15) is 0 Å². The van der Waals surface area contributed by atoms with Gasteiger partial charge in [0.15, 0.2) is 5.17 Å². The Morgan fingerprint density at radius 3 is 2.56 bits per heavy atom. The summed E-state index contributed by atoms with van der Waals surface area (Å²) in [4.78, 5) is 33.7. The lowest BCUT2D eigenvalue weighted by Gasteiger charge is -2.35. The SMILES string of the molecule is CCN(CC)C(=O)C1=C(C)N=C2SCC(=O)N2[C@@H]1c1ccc(Br)cc1. The van der Waals surface area contributed by atoms with Crippen molar-refractivity contribution in [1.29, 1.82) is 0 Å². The molecule has 1 fully saturated rings. The summed E-state index contributed by atoms with van der Waals surface area (Å²) in [6.07, 6.45) is 0. The largest absolute Gasteiger partial charge is 0.339 e. The van der Waals surface area contributed by atoms with Crippen molar-refractivity contribution in [3.63, 3.8) is 0 Å². The molecule has 0 N–H and O–H groups in total. The Balaban J connectivity index is 2.14. The Labute approximate surface area is 160 Å². The number of carbonyl (C=O) groups excluding carboxylic acids is 2. The number of thioether (sulfide) groups is 1. The van der Waals surface area contributed by atoms with E-state index in [-0.39, 0.29) is 11.8 Å². The van der Waals surface area contributed by atoms with Crippen LogP contribution in [0.4, 0.5) is 0 Å². The molecule has 0 spiro atoms. The van der Waals surface area contributed by atoms with Crippen LogP contribution in [0.15, 0.2) is 45.0 Å². The van der Waals surface area contributed by atoms with E-state index in [1.54, 1.807) is 9.80 Å². The summed E-state index contributed by atoms with van der Waals surface area (Å²) in [5.74, 6) is 0.309. The smallest absolute Gasteiger partial charge is 0.254 e. The predicted octanol–water partition coefficient (Wildman–Crippen LogP) is 3.58. The molecule has 3 rings (SSSR count). The van der Waals surface area contributed by atoms with Gasteiger partial charge in [-0.2, -0.15) is 0 Å². The van der Waals surface area contributed by atoms with Crippen LogP contribution in [0.2, 0.25) is 0 Å². The minimum absolute atomic E-state index is 0.00554. The summed E-state index contributed by atoms with van der Waals surface area (Å²) in [5.41, 5.74) is 2.20. The van der Waals surface area contributed by atoms with Crippen LogP contribution in [0.1, 0.15) is 32.4 Å². The number of rotatable bonds is 4. The molecule has 0 bridgehead atoms. The second-order valence-corrected chi connectivity index (χ2v) is 7.74. The number of benzene rings is 1. The van der Waals surface area contributed by atoms with Crippen molar-refractivity contribution in [3.8, 4) is 0 Å². The van der Waals surface area contributed by atoms with Gasteiger partial charge in [0.2, 0.25) is 5.91 Å². The summed E-state index contributed by atoms with van der Waals surface area (Å²) in [6.45, 7) is 7.02. The number of allylic oxidation sites excluding steroid dienone is 1. The molecule has 132 valence electrons. The van der Waals surface area contributed by atoms with E-state index in [0.29, 0.717) is 35.3 Å². The number of fused-ring (bicyclic) bond motifs is 1. The first-order valence-electron chi connectivity index (χ1n) is 8.27. The first-order chi connectivity index (χ1) is 12.0. The second-order valence-electron chi connectivity index (χ2n) is 5.88. The molecule has 0 aliphatic carbocycles. The van der Waals surface area contributed by atoms with Crippen LogP contribution in [0.5, 0.6) is 0 Å². The zero-order chi connectivity index (χ0) is 18.1. The summed E-state index contributed by atoms with van der Waals surface area (Å²) in [7, 11) is 0. The lowest BCUT2D eigenvalue weighted by atomic mass is 9.93. The Bertz CT molecular complexity index is 769. The van der Waals surface area contributed by atoms with Gasteiger partial charge < -0.3 is 4.90 Å². The zero-order valence-corrected chi connectivity index (χ0v) is 16.9. The number of aliphatic imine (C=N–C) groups is 1. The topological polar surface area (TPSA) is 53.0 Å². The summed E-state index contributed by atoms with van der Waals surface area (Å²) < 4.78 is 0.959. The van der Waals surface area contributed by atoms with E-state index in [1.165, 1.54) is 11.8 Å². The minimum Gasteiger partial charge on any atom is -0.339 e. The zero-order valence-electron chi connectivity index (χ0n) is 14.5.